The van der Waals surface area contributed by atoms with Gasteiger partial charge >= 0.3 is 0 Å². The first-order chi connectivity index (χ1) is 17.4. The molecule has 2 aromatic rings. The van der Waals surface area contributed by atoms with E-state index in [0.29, 0.717) is 36.4 Å². The highest BCUT2D eigenvalue weighted by molar-refractivity contribution is 7.89. The molecule has 37 heavy (non-hydrogen) atoms. The Bertz CT molecular complexity index is 1320. The van der Waals surface area contributed by atoms with Crippen LogP contribution in [0.15, 0.2) is 60.0 Å². The van der Waals surface area contributed by atoms with Crippen LogP contribution in [-0.4, -0.2) is 55.0 Å². The molecule has 2 heterocycles. The summed E-state index contributed by atoms with van der Waals surface area (Å²) < 4.78 is 39.6. The fraction of sp³-hybridized carbons (Fsp3) is 0.407. The second-order valence-corrected chi connectivity index (χ2v) is 12.2. The third-order valence-electron chi connectivity index (χ3n) is 6.92. The fourth-order valence-electron chi connectivity index (χ4n) is 5.25. The quantitative estimate of drug-likeness (QED) is 0.510. The van der Waals surface area contributed by atoms with E-state index in [4.69, 9.17) is 9.47 Å². The molecule has 2 aliphatic rings. The Balaban J connectivity index is 1.43. The number of carbonyl (C=O) groups is 2. The molecule has 0 aromatic heterocycles. The molecule has 198 valence electrons. The summed E-state index contributed by atoms with van der Waals surface area (Å²) in [6, 6.07) is 11.2. The summed E-state index contributed by atoms with van der Waals surface area (Å²) in [5.41, 5.74) is -0.261. The lowest BCUT2D eigenvalue weighted by atomic mass is 9.94. The van der Waals surface area contributed by atoms with Crippen molar-refractivity contribution in [3.8, 4) is 11.5 Å². The summed E-state index contributed by atoms with van der Waals surface area (Å²) in [5.74, 6) is 0.765. The van der Waals surface area contributed by atoms with Gasteiger partial charge in [0.2, 0.25) is 22.7 Å². The van der Waals surface area contributed by atoms with Crippen LogP contribution in [0.3, 0.4) is 0 Å². The number of ether oxygens (including phenoxy) is 2. The molecule has 0 aliphatic carbocycles. The maximum absolute atomic E-state index is 13.7. The van der Waals surface area contributed by atoms with Crippen LogP contribution in [-0.2, 0) is 21.2 Å². The van der Waals surface area contributed by atoms with Gasteiger partial charge in [0.15, 0.2) is 11.5 Å². The monoisotopic (exact) mass is 527 g/mol. The first-order valence-electron chi connectivity index (χ1n) is 12.1. The highest BCUT2D eigenvalue weighted by Gasteiger charge is 2.57. The molecule has 2 N–H and O–H groups in total. The maximum atomic E-state index is 13.7. The van der Waals surface area contributed by atoms with Gasteiger partial charge in [-0.3, -0.25) is 9.59 Å². The lowest BCUT2D eigenvalue weighted by Gasteiger charge is -2.40. The number of hydrogen-bond acceptors (Lipinski definition) is 6. The molecule has 1 fully saturated rings. The zero-order chi connectivity index (χ0) is 27.0. The Hall–Kier alpha value is -3.37. The van der Waals surface area contributed by atoms with Crippen molar-refractivity contribution >= 4 is 21.8 Å². The Morgan fingerprint density at radius 2 is 1.76 bits per heavy atom. The Labute approximate surface area is 217 Å². The average molecular weight is 528 g/mol. The maximum Gasteiger partial charge on any atom is 0.251 e. The topological polar surface area (TPSA) is 114 Å². The number of amides is 2. The van der Waals surface area contributed by atoms with Gasteiger partial charge in [-0.05, 0) is 88.6 Å². The molecule has 0 spiro atoms. The van der Waals surface area contributed by atoms with E-state index in [0.717, 1.165) is 5.56 Å². The Kier molecular flexibility index (Phi) is 7.09. The molecule has 0 radical (unpaired) electrons. The molecule has 10 heteroatoms. The number of hydrogen-bond donors (Lipinski definition) is 2. The van der Waals surface area contributed by atoms with E-state index in [9.17, 15) is 18.0 Å². The minimum atomic E-state index is -3.93. The molecular formula is C27H33N3O6S. The van der Waals surface area contributed by atoms with Crippen LogP contribution in [0.2, 0.25) is 0 Å². The SMILES string of the molecule is C=CC(=O)NC1CC(C)(C)N(S(=O)(=O)c2ccc(C(=O)NCCc3ccc4c(c3)OCO4)cc2)C1(C)C. The van der Waals surface area contributed by atoms with Crippen LogP contribution in [0.1, 0.15) is 50.0 Å². The third-order valence-corrected chi connectivity index (χ3v) is 9.24. The van der Waals surface area contributed by atoms with Crippen molar-refractivity contribution in [1.82, 2.24) is 14.9 Å². The number of sulfonamides is 1. The fourth-order valence-corrected chi connectivity index (χ4v) is 7.41. The smallest absolute Gasteiger partial charge is 0.251 e. The van der Waals surface area contributed by atoms with Gasteiger partial charge in [0.25, 0.3) is 5.91 Å². The number of nitrogens with one attached hydrogen (secondary N) is 2. The highest BCUT2D eigenvalue weighted by atomic mass is 32.2. The van der Waals surface area contributed by atoms with E-state index in [1.165, 1.54) is 34.6 Å². The molecule has 0 bridgehead atoms. The molecule has 1 unspecified atom stereocenters. The van der Waals surface area contributed by atoms with Crippen LogP contribution in [0.25, 0.3) is 0 Å². The van der Waals surface area contributed by atoms with Gasteiger partial charge in [-0.1, -0.05) is 12.6 Å². The zero-order valence-corrected chi connectivity index (χ0v) is 22.4. The minimum absolute atomic E-state index is 0.0845. The van der Waals surface area contributed by atoms with Crippen LogP contribution < -0.4 is 20.1 Å². The predicted molar refractivity (Wildman–Crippen MR) is 139 cm³/mol. The van der Waals surface area contributed by atoms with Crippen LogP contribution in [0.5, 0.6) is 11.5 Å². The number of fused-ring (bicyclic) bond motifs is 1. The van der Waals surface area contributed by atoms with Crippen molar-refractivity contribution in [2.45, 2.75) is 62.6 Å². The van der Waals surface area contributed by atoms with Crippen molar-refractivity contribution in [2.75, 3.05) is 13.3 Å². The molecule has 2 amide bonds. The Morgan fingerprint density at radius 1 is 1.08 bits per heavy atom. The van der Waals surface area contributed by atoms with E-state index in [-0.39, 0.29) is 23.5 Å². The predicted octanol–water partition coefficient (Wildman–Crippen LogP) is 3.01. The molecule has 1 atom stereocenters. The number of benzene rings is 2. The second kappa shape index (κ2) is 9.83. The van der Waals surface area contributed by atoms with Gasteiger partial charge in [0.05, 0.1) is 10.4 Å². The van der Waals surface area contributed by atoms with Crippen LogP contribution in [0, 0.1) is 0 Å². The summed E-state index contributed by atoms with van der Waals surface area (Å²) in [5, 5.41) is 5.73. The van der Waals surface area contributed by atoms with Crippen molar-refractivity contribution in [1.29, 1.82) is 0 Å². The largest absolute Gasteiger partial charge is 0.454 e. The second-order valence-electron chi connectivity index (χ2n) is 10.4. The normalized spacial score (nSPS) is 19.8. The van der Waals surface area contributed by atoms with Gasteiger partial charge in [0, 0.05) is 23.7 Å². The molecule has 4 rings (SSSR count). The van der Waals surface area contributed by atoms with Crippen molar-refractivity contribution < 1.29 is 27.5 Å². The van der Waals surface area contributed by atoms with Crippen LogP contribution >= 0.6 is 0 Å². The van der Waals surface area contributed by atoms with Gasteiger partial charge < -0.3 is 20.1 Å². The number of carbonyl (C=O) groups excluding carboxylic acids is 2. The molecule has 9 nitrogen and oxygen atoms in total. The lowest BCUT2D eigenvalue weighted by molar-refractivity contribution is -0.117. The van der Waals surface area contributed by atoms with E-state index in [2.05, 4.69) is 17.2 Å². The van der Waals surface area contributed by atoms with Crippen molar-refractivity contribution in [3.63, 3.8) is 0 Å². The number of nitrogens with zero attached hydrogens (tertiary/aromatic N) is 1. The zero-order valence-electron chi connectivity index (χ0n) is 21.5. The molecular weight excluding hydrogens is 494 g/mol. The Morgan fingerprint density at radius 3 is 2.43 bits per heavy atom. The summed E-state index contributed by atoms with van der Waals surface area (Å²) in [4.78, 5) is 24.7. The molecule has 0 saturated carbocycles. The summed E-state index contributed by atoms with van der Waals surface area (Å²) >= 11 is 0. The van der Waals surface area contributed by atoms with E-state index < -0.39 is 27.1 Å². The van der Waals surface area contributed by atoms with Gasteiger partial charge in [-0.2, -0.15) is 4.31 Å². The van der Waals surface area contributed by atoms with Gasteiger partial charge in [-0.25, -0.2) is 8.42 Å². The molecule has 2 aliphatic heterocycles. The lowest BCUT2D eigenvalue weighted by Crippen LogP contribution is -2.56. The van der Waals surface area contributed by atoms with Gasteiger partial charge in [0.1, 0.15) is 0 Å². The van der Waals surface area contributed by atoms with E-state index >= 15 is 0 Å². The summed E-state index contributed by atoms with van der Waals surface area (Å²) in [6.07, 6.45) is 2.24. The average Bonchev–Trinajstić information content (AvgIpc) is 3.37. The van der Waals surface area contributed by atoms with Crippen molar-refractivity contribution in [3.05, 3.63) is 66.2 Å². The first-order valence-corrected chi connectivity index (χ1v) is 13.6. The standard InChI is InChI=1S/C27H33N3O6S/c1-6-24(31)29-23-16-26(2,3)30(27(23,4)5)37(33,34)20-10-8-19(9-11-20)25(32)28-14-13-18-7-12-21-22(15-18)36-17-35-21/h6-12,15,23H,1,13-14,16-17H2,2-5H3,(H,28,32)(H,29,31). The molecule has 2 aromatic carbocycles. The van der Waals surface area contributed by atoms with E-state index in [1.54, 1.807) is 13.8 Å². The third kappa shape index (κ3) is 5.21. The van der Waals surface area contributed by atoms with Crippen LogP contribution in [0.4, 0.5) is 0 Å². The summed E-state index contributed by atoms with van der Waals surface area (Å²) in [6.45, 7) is 11.4. The van der Waals surface area contributed by atoms with Gasteiger partial charge in [-0.15, -0.1) is 0 Å². The summed E-state index contributed by atoms with van der Waals surface area (Å²) in [7, 11) is -3.93. The molecule has 1 saturated heterocycles. The minimum Gasteiger partial charge on any atom is -0.454 e. The first kappa shape index (κ1) is 26.7. The number of rotatable bonds is 8. The van der Waals surface area contributed by atoms with Crippen molar-refractivity contribution in [2.24, 2.45) is 0 Å². The van der Waals surface area contributed by atoms with E-state index in [1.807, 2.05) is 32.0 Å². The highest BCUT2D eigenvalue weighted by Crippen LogP contribution is 2.44.